The SMILES string of the molecule is Cc1cc(CCc2ccccc2)on1. The Balaban J connectivity index is 1.95. The van der Waals surface area contributed by atoms with Crippen molar-refractivity contribution in [3.8, 4) is 0 Å². The number of benzene rings is 1. The van der Waals surface area contributed by atoms with Gasteiger partial charge >= 0.3 is 0 Å². The van der Waals surface area contributed by atoms with Crippen molar-refractivity contribution in [3.05, 3.63) is 53.4 Å². The minimum absolute atomic E-state index is 0.921. The quantitative estimate of drug-likeness (QED) is 0.738. The van der Waals surface area contributed by atoms with Crippen molar-refractivity contribution < 1.29 is 4.52 Å². The molecular weight excluding hydrogens is 174 g/mol. The van der Waals surface area contributed by atoms with Gasteiger partial charge in [-0.3, -0.25) is 0 Å². The number of hydrogen-bond donors (Lipinski definition) is 0. The molecule has 0 aliphatic carbocycles. The van der Waals surface area contributed by atoms with Crippen LogP contribution in [-0.4, -0.2) is 5.16 Å². The van der Waals surface area contributed by atoms with E-state index >= 15 is 0 Å². The van der Waals surface area contributed by atoms with E-state index in [1.807, 2.05) is 19.1 Å². The fourth-order valence-corrected chi connectivity index (χ4v) is 1.45. The van der Waals surface area contributed by atoms with Gasteiger partial charge in [0.05, 0.1) is 5.69 Å². The fourth-order valence-electron chi connectivity index (χ4n) is 1.45. The summed E-state index contributed by atoms with van der Waals surface area (Å²) in [6.45, 7) is 1.94. The minimum Gasteiger partial charge on any atom is -0.361 e. The van der Waals surface area contributed by atoms with Crippen molar-refractivity contribution >= 4 is 0 Å². The van der Waals surface area contributed by atoms with Gasteiger partial charge in [0, 0.05) is 12.5 Å². The second-order valence-corrected chi connectivity index (χ2v) is 3.42. The molecule has 0 unspecified atom stereocenters. The third kappa shape index (κ3) is 2.22. The lowest BCUT2D eigenvalue weighted by atomic mass is 10.1. The summed E-state index contributed by atoms with van der Waals surface area (Å²) in [6, 6.07) is 12.4. The highest BCUT2D eigenvalue weighted by atomic mass is 16.5. The van der Waals surface area contributed by atoms with E-state index in [1.54, 1.807) is 0 Å². The van der Waals surface area contributed by atoms with Crippen molar-refractivity contribution in [1.82, 2.24) is 5.16 Å². The van der Waals surface area contributed by atoms with Crippen LogP contribution in [0.2, 0.25) is 0 Å². The highest BCUT2D eigenvalue weighted by Crippen LogP contribution is 2.07. The molecule has 0 aliphatic heterocycles. The first-order chi connectivity index (χ1) is 6.84. The first kappa shape index (κ1) is 9.00. The lowest BCUT2D eigenvalue weighted by Crippen LogP contribution is -1.88. The minimum atomic E-state index is 0.921. The van der Waals surface area contributed by atoms with Crippen LogP contribution < -0.4 is 0 Å². The molecule has 2 heteroatoms. The molecule has 1 aromatic carbocycles. The Labute approximate surface area is 83.5 Å². The maximum Gasteiger partial charge on any atom is 0.137 e. The Hall–Kier alpha value is -1.57. The number of rotatable bonds is 3. The molecule has 0 radical (unpaired) electrons. The van der Waals surface area contributed by atoms with E-state index < -0.39 is 0 Å². The summed E-state index contributed by atoms with van der Waals surface area (Å²) in [4.78, 5) is 0. The number of aryl methyl sites for hydroxylation is 3. The molecule has 72 valence electrons. The zero-order valence-corrected chi connectivity index (χ0v) is 8.23. The molecule has 0 bridgehead atoms. The number of nitrogens with zero attached hydrogens (tertiary/aromatic N) is 1. The van der Waals surface area contributed by atoms with Crippen molar-refractivity contribution in [2.75, 3.05) is 0 Å². The second kappa shape index (κ2) is 4.09. The molecule has 0 amide bonds. The number of hydrogen-bond acceptors (Lipinski definition) is 2. The molecule has 0 saturated carbocycles. The average Bonchev–Trinajstić information content (AvgIpc) is 2.63. The molecular formula is C12H13NO. The summed E-state index contributed by atoms with van der Waals surface area (Å²) < 4.78 is 5.14. The molecule has 14 heavy (non-hydrogen) atoms. The van der Waals surface area contributed by atoms with Gasteiger partial charge in [0.2, 0.25) is 0 Å². The van der Waals surface area contributed by atoms with E-state index in [2.05, 4.69) is 29.4 Å². The van der Waals surface area contributed by atoms with Gasteiger partial charge in [-0.05, 0) is 18.9 Å². The van der Waals surface area contributed by atoms with Crippen molar-refractivity contribution in [3.63, 3.8) is 0 Å². The van der Waals surface area contributed by atoms with Crippen LogP contribution in [0.4, 0.5) is 0 Å². The predicted octanol–water partition coefficient (Wildman–Crippen LogP) is 2.77. The normalized spacial score (nSPS) is 10.4. The zero-order chi connectivity index (χ0) is 9.80. The van der Waals surface area contributed by atoms with Crippen LogP contribution in [0.3, 0.4) is 0 Å². The van der Waals surface area contributed by atoms with Crippen molar-refractivity contribution in [1.29, 1.82) is 0 Å². The van der Waals surface area contributed by atoms with Gasteiger partial charge in [-0.1, -0.05) is 35.5 Å². The highest BCUT2D eigenvalue weighted by molar-refractivity contribution is 5.16. The summed E-state index contributed by atoms with van der Waals surface area (Å²) in [5.41, 5.74) is 2.29. The monoisotopic (exact) mass is 187 g/mol. The topological polar surface area (TPSA) is 26.0 Å². The first-order valence-corrected chi connectivity index (χ1v) is 4.81. The third-order valence-electron chi connectivity index (χ3n) is 2.18. The largest absolute Gasteiger partial charge is 0.361 e. The summed E-state index contributed by atoms with van der Waals surface area (Å²) in [5, 5.41) is 3.85. The van der Waals surface area contributed by atoms with Crippen LogP contribution in [0.5, 0.6) is 0 Å². The molecule has 0 atom stereocenters. The molecule has 0 spiro atoms. The lowest BCUT2D eigenvalue weighted by molar-refractivity contribution is 0.379. The van der Waals surface area contributed by atoms with E-state index in [-0.39, 0.29) is 0 Å². The van der Waals surface area contributed by atoms with Crippen LogP contribution in [0.15, 0.2) is 40.9 Å². The van der Waals surface area contributed by atoms with Gasteiger partial charge in [0.15, 0.2) is 0 Å². The molecule has 0 N–H and O–H groups in total. The number of aromatic nitrogens is 1. The molecule has 0 fully saturated rings. The molecule has 2 nitrogen and oxygen atoms in total. The Kier molecular flexibility index (Phi) is 2.63. The van der Waals surface area contributed by atoms with Crippen LogP contribution in [0.25, 0.3) is 0 Å². The molecule has 1 heterocycles. The fraction of sp³-hybridized carbons (Fsp3) is 0.250. The van der Waals surface area contributed by atoms with E-state index in [1.165, 1.54) is 5.56 Å². The maximum atomic E-state index is 5.14. The molecule has 2 aromatic rings. The van der Waals surface area contributed by atoms with Crippen molar-refractivity contribution in [2.45, 2.75) is 19.8 Å². The highest BCUT2D eigenvalue weighted by Gasteiger charge is 2.00. The van der Waals surface area contributed by atoms with Gasteiger partial charge in [0.1, 0.15) is 5.76 Å². The van der Waals surface area contributed by atoms with E-state index in [0.717, 1.165) is 24.3 Å². The predicted molar refractivity (Wildman–Crippen MR) is 55.1 cm³/mol. The van der Waals surface area contributed by atoms with Crippen LogP contribution >= 0.6 is 0 Å². The first-order valence-electron chi connectivity index (χ1n) is 4.81. The average molecular weight is 187 g/mol. The summed E-state index contributed by atoms with van der Waals surface area (Å²) >= 11 is 0. The van der Waals surface area contributed by atoms with Crippen LogP contribution in [0, 0.1) is 6.92 Å². The lowest BCUT2D eigenvalue weighted by Gasteiger charge is -1.96. The molecule has 0 saturated heterocycles. The van der Waals surface area contributed by atoms with E-state index in [4.69, 9.17) is 4.52 Å². The second-order valence-electron chi connectivity index (χ2n) is 3.42. The Bertz CT molecular complexity index is 392. The van der Waals surface area contributed by atoms with E-state index in [0.29, 0.717) is 0 Å². The molecule has 0 aliphatic rings. The standard InChI is InChI=1S/C12H13NO/c1-10-9-12(14-13-10)8-7-11-5-3-2-4-6-11/h2-6,9H,7-8H2,1H3. The van der Waals surface area contributed by atoms with Gasteiger partial charge in [0.25, 0.3) is 0 Å². The van der Waals surface area contributed by atoms with Crippen LogP contribution in [0.1, 0.15) is 17.0 Å². The van der Waals surface area contributed by atoms with Gasteiger partial charge < -0.3 is 4.52 Å². The van der Waals surface area contributed by atoms with Gasteiger partial charge in [-0.25, -0.2) is 0 Å². The summed E-state index contributed by atoms with van der Waals surface area (Å²) in [6.07, 6.45) is 1.93. The maximum absolute atomic E-state index is 5.14. The Morgan fingerprint density at radius 3 is 2.57 bits per heavy atom. The van der Waals surface area contributed by atoms with Crippen LogP contribution in [-0.2, 0) is 12.8 Å². The van der Waals surface area contributed by atoms with Crippen molar-refractivity contribution in [2.24, 2.45) is 0 Å². The van der Waals surface area contributed by atoms with E-state index in [9.17, 15) is 0 Å². The summed E-state index contributed by atoms with van der Waals surface area (Å²) in [7, 11) is 0. The van der Waals surface area contributed by atoms with Gasteiger partial charge in [-0.15, -0.1) is 0 Å². The zero-order valence-electron chi connectivity index (χ0n) is 8.23. The summed E-state index contributed by atoms with van der Waals surface area (Å²) in [5.74, 6) is 0.964. The Morgan fingerprint density at radius 2 is 1.93 bits per heavy atom. The Morgan fingerprint density at radius 1 is 1.14 bits per heavy atom. The molecule has 2 rings (SSSR count). The third-order valence-corrected chi connectivity index (χ3v) is 2.18. The van der Waals surface area contributed by atoms with Gasteiger partial charge in [-0.2, -0.15) is 0 Å². The smallest absolute Gasteiger partial charge is 0.137 e. The molecule has 1 aromatic heterocycles.